The molecule has 4 saturated carbocycles. The van der Waals surface area contributed by atoms with E-state index >= 15 is 0 Å². The van der Waals surface area contributed by atoms with Crippen LogP contribution in [0.4, 0.5) is 0 Å². The Morgan fingerprint density at radius 3 is 2.21 bits per heavy atom. The van der Waals surface area contributed by atoms with E-state index in [2.05, 4.69) is 20.8 Å². The van der Waals surface area contributed by atoms with Crippen LogP contribution < -0.4 is 0 Å². The third kappa shape index (κ3) is 2.42. The van der Waals surface area contributed by atoms with Crippen LogP contribution in [0.5, 0.6) is 0 Å². The van der Waals surface area contributed by atoms with Crippen molar-refractivity contribution in [2.75, 3.05) is 33.5 Å². The predicted molar refractivity (Wildman–Crippen MR) is 121 cm³/mol. The maximum absolute atomic E-state index is 6.80. The summed E-state index contributed by atoms with van der Waals surface area (Å²) in [4.78, 5) is 0. The van der Waals surface area contributed by atoms with Crippen LogP contribution >= 0.6 is 0 Å². The van der Waals surface area contributed by atoms with Crippen molar-refractivity contribution in [3.63, 3.8) is 0 Å². The Labute approximate surface area is 198 Å². The summed E-state index contributed by atoms with van der Waals surface area (Å²) < 4.78 is 38.5. The molecule has 0 N–H and O–H groups in total. The Morgan fingerprint density at radius 1 is 0.818 bits per heavy atom. The summed E-state index contributed by atoms with van der Waals surface area (Å²) in [6.45, 7) is 9.89. The van der Waals surface area contributed by atoms with Gasteiger partial charge in [0.2, 0.25) is 0 Å². The van der Waals surface area contributed by atoms with Crippen LogP contribution in [0.25, 0.3) is 0 Å². The van der Waals surface area contributed by atoms with Crippen LogP contribution in [-0.2, 0) is 28.4 Å². The SMILES string of the molecule is CCC1(C2(OC)CCC3C4CC5(C)OC56CC5(CCC6C4CC[C@@]32C)OCCO5)OCCO1. The molecular weight excluding hydrogens is 420 g/mol. The van der Waals surface area contributed by atoms with Crippen LogP contribution in [0.1, 0.15) is 78.6 Å². The van der Waals surface area contributed by atoms with E-state index in [0.717, 1.165) is 51.2 Å². The van der Waals surface area contributed by atoms with E-state index in [1.165, 1.54) is 25.7 Å². The molecule has 0 radical (unpaired) electrons. The van der Waals surface area contributed by atoms with Crippen LogP contribution in [0, 0.1) is 29.1 Å². The summed E-state index contributed by atoms with van der Waals surface area (Å²) in [5, 5.41) is 0. The van der Waals surface area contributed by atoms with Gasteiger partial charge in [-0.15, -0.1) is 0 Å². The summed E-state index contributed by atoms with van der Waals surface area (Å²) in [5.74, 6) is 1.68. The molecule has 0 aromatic carbocycles. The Bertz CT molecular complexity index is 819. The zero-order valence-corrected chi connectivity index (χ0v) is 21.0. The van der Waals surface area contributed by atoms with E-state index in [-0.39, 0.29) is 28.0 Å². The minimum absolute atomic E-state index is 0.0379. The average Bonchev–Trinajstić information content (AvgIpc) is 3.27. The lowest BCUT2D eigenvalue weighted by Crippen LogP contribution is -2.66. The van der Waals surface area contributed by atoms with Crippen molar-refractivity contribution in [1.82, 2.24) is 0 Å². The average molecular weight is 463 g/mol. The van der Waals surface area contributed by atoms with Crippen molar-refractivity contribution in [2.24, 2.45) is 29.1 Å². The number of epoxide rings is 1. The zero-order chi connectivity index (χ0) is 22.7. The van der Waals surface area contributed by atoms with Crippen molar-refractivity contribution in [3.05, 3.63) is 0 Å². The number of ether oxygens (including phenoxy) is 6. The third-order valence-corrected chi connectivity index (χ3v) is 12.0. The molecule has 186 valence electrons. The second-order valence-corrected chi connectivity index (χ2v) is 12.6. The molecule has 2 spiro atoms. The molecule has 33 heavy (non-hydrogen) atoms. The summed E-state index contributed by atoms with van der Waals surface area (Å²) in [6, 6.07) is 0. The Kier molecular flexibility index (Phi) is 4.49. The molecule has 6 nitrogen and oxygen atoms in total. The summed E-state index contributed by atoms with van der Waals surface area (Å²) >= 11 is 0. The number of rotatable bonds is 3. The first-order valence-electron chi connectivity index (χ1n) is 13.6. The molecule has 8 atom stereocenters. The van der Waals surface area contributed by atoms with Crippen LogP contribution in [-0.4, -0.2) is 61.9 Å². The fourth-order valence-corrected chi connectivity index (χ4v) is 10.7. The van der Waals surface area contributed by atoms with E-state index in [4.69, 9.17) is 28.4 Å². The third-order valence-electron chi connectivity index (χ3n) is 12.0. The van der Waals surface area contributed by atoms with Crippen molar-refractivity contribution in [3.8, 4) is 0 Å². The summed E-state index contributed by atoms with van der Waals surface area (Å²) in [6.07, 6.45) is 9.77. The Morgan fingerprint density at radius 2 is 1.52 bits per heavy atom. The first-order valence-corrected chi connectivity index (χ1v) is 13.6. The van der Waals surface area contributed by atoms with Gasteiger partial charge in [0.05, 0.1) is 32.0 Å². The molecule has 3 saturated heterocycles. The molecule has 4 aliphatic carbocycles. The van der Waals surface area contributed by atoms with Crippen molar-refractivity contribution >= 4 is 0 Å². The summed E-state index contributed by atoms with van der Waals surface area (Å²) in [5.41, 5.74) is -0.393. The number of methoxy groups -OCH3 is 1. The van der Waals surface area contributed by atoms with E-state index in [1.54, 1.807) is 0 Å². The lowest BCUT2D eigenvalue weighted by Gasteiger charge is -2.60. The molecule has 6 heteroatoms. The van der Waals surface area contributed by atoms with Gasteiger partial charge in [0, 0.05) is 31.8 Å². The van der Waals surface area contributed by atoms with Gasteiger partial charge in [0.1, 0.15) is 11.2 Å². The van der Waals surface area contributed by atoms with Gasteiger partial charge < -0.3 is 28.4 Å². The highest BCUT2D eigenvalue weighted by atomic mass is 16.8. The topological polar surface area (TPSA) is 58.7 Å². The van der Waals surface area contributed by atoms with Gasteiger partial charge in [-0.25, -0.2) is 0 Å². The van der Waals surface area contributed by atoms with Crippen molar-refractivity contribution < 1.29 is 28.4 Å². The molecule has 7 unspecified atom stereocenters. The second-order valence-electron chi connectivity index (χ2n) is 12.6. The van der Waals surface area contributed by atoms with Crippen molar-refractivity contribution in [1.29, 1.82) is 0 Å². The van der Waals surface area contributed by atoms with Gasteiger partial charge in [-0.05, 0) is 69.1 Å². The standard InChI is InChI=1S/C27H42O6/c1-5-27(31-14-15-32-27)26(28-4)11-8-20-19-16-23(3)25(33-23)17-24(29-12-13-30-24)10-7-21(25)18(19)6-9-22(20,26)2/h18-21H,5-17H2,1-4H3/t18?,19?,20?,21?,22-,23?,25?,26?/m0/s1. The van der Waals surface area contributed by atoms with Crippen molar-refractivity contribution in [2.45, 2.75) is 107 Å². The molecular formula is C27H42O6. The van der Waals surface area contributed by atoms with Crippen LogP contribution in [0.2, 0.25) is 0 Å². The summed E-state index contributed by atoms with van der Waals surface area (Å²) in [7, 11) is 1.90. The molecule has 3 aliphatic heterocycles. The van der Waals surface area contributed by atoms with Gasteiger partial charge in [0.15, 0.2) is 11.6 Å². The largest absolute Gasteiger partial charge is 0.372 e. The van der Waals surface area contributed by atoms with Crippen LogP contribution in [0.3, 0.4) is 0 Å². The Hall–Kier alpha value is -0.240. The molecule has 7 fully saturated rings. The minimum Gasteiger partial charge on any atom is -0.372 e. The lowest BCUT2D eigenvalue weighted by atomic mass is 9.46. The molecule has 0 amide bonds. The highest BCUT2D eigenvalue weighted by molar-refractivity contribution is 5.28. The van der Waals surface area contributed by atoms with Gasteiger partial charge in [0.25, 0.3) is 0 Å². The molecule has 7 aliphatic rings. The quantitative estimate of drug-likeness (QED) is 0.578. The van der Waals surface area contributed by atoms with Gasteiger partial charge in [-0.1, -0.05) is 13.8 Å². The number of hydrogen-bond acceptors (Lipinski definition) is 6. The fourth-order valence-electron chi connectivity index (χ4n) is 10.7. The van der Waals surface area contributed by atoms with Crippen LogP contribution in [0.15, 0.2) is 0 Å². The fraction of sp³-hybridized carbons (Fsp3) is 1.00. The van der Waals surface area contributed by atoms with Gasteiger partial charge >= 0.3 is 0 Å². The second kappa shape index (κ2) is 6.74. The molecule has 0 aromatic heterocycles. The predicted octanol–water partition coefficient (Wildman–Crippen LogP) is 4.44. The molecule has 3 heterocycles. The molecule has 7 rings (SSSR count). The normalized spacial score (nSPS) is 55.6. The van der Waals surface area contributed by atoms with Gasteiger partial charge in [-0.3, -0.25) is 0 Å². The van der Waals surface area contributed by atoms with E-state index in [1.807, 2.05) is 7.11 Å². The number of hydrogen-bond donors (Lipinski definition) is 0. The maximum atomic E-state index is 6.80. The zero-order valence-electron chi connectivity index (χ0n) is 21.0. The minimum atomic E-state index is -0.606. The Balaban J connectivity index is 1.22. The molecule has 0 bridgehead atoms. The highest BCUT2D eigenvalue weighted by Crippen LogP contribution is 2.76. The first-order chi connectivity index (χ1) is 15.8. The van der Waals surface area contributed by atoms with E-state index in [0.29, 0.717) is 31.0 Å². The smallest absolute Gasteiger partial charge is 0.198 e. The molecule has 0 aromatic rings. The first kappa shape index (κ1) is 22.0. The lowest BCUT2D eigenvalue weighted by molar-refractivity contribution is -0.318. The maximum Gasteiger partial charge on any atom is 0.198 e. The highest BCUT2D eigenvalue weighted by Gasteiger charge is 2.81. The van der Waals surface area contributed by atoms with E-state index in [9.17, 15) is 0 Å². The van der Waals surface area contributed by atoms with Gasteiger partial charge in [-0.2, -0.15) is 0 Å². The van der Waals surface area contributed by atoms with E-state index < -0.39 is 5.79 Å². The monoisotopic (exact) mass is 462 g/mol. The number of fused-ring (bicyclic) bond motifs is 4.